The number of benzene rings is 3. The van der Waals surface area contributed by atoms with E-state index in [0.717, 1.165) is 12.5 Å². The molecule has 2 heterocycles. The predicted molar refractivity (Wildman–Crippen MR) is 184 cm³/mol. The molecule has 47 heavy (non-hydrogen) atoms. The molecule has 0 N–H and O–H groups in total. The van der Waals surface area contributed by atoms with Crippen LogP contribution in [0.3, 0.4) is 0 Å². The van der Waals surface area contributed by atoms with Crippen LogP contribution in [0.15, 0.2) is 71.2 Å². The van der Waals surface area contributed by atoms with Crippen LogP contribution < -0.4 is 4.90 Å². The van der Waals surface area contributed by atoms with Crippen LogP contribution in [0.25, 0.3) is 22.2 Å². The predicted octanol–water partition coefficient (Wildman–Crippen LogP) is 7.55. The van der Waals surface area contributed by atoms with Crippen LogP contribution in [-0.2, 0) is 14.3 Å². The molecule has 4 aromatic rings. The van der Waals surface area contributed by atoms with Gasteiger partial charge in [0.2, 0.25) is 17.6 Å². The lowest BCUT2D eigenvalue weighted by atomic mass is 9.81. The summed E-state index contributed by atoms with van der Waals surface area (Å²) in [6.45, 7) is -0.660. The zero-order chi connectivity index (χ0) is 33.3. The Balaban J connectivity index is 1.15. The average Bonchev–Trinajstić information content (AvgIpc) is 3.67. The third-order valence-corrected chi connectivity index (χ3v) is 13.2. The van der Waals surface area contributed by atoms with Gasteiger partial charge < -0.3 is 4.74 Å². The van der Waals surface area contributed by atoms with Crippen molar-refractivity contribution in [3.8, 4) is 11.3 Å². The topological polar surface area (TPSA) is 137 Å². The highest BCUT2D eigenvalue weighted by molar-refractivity contribution is 9.12. The van der Waals surface area contributed by atoms with Crippen molar-refractivity contribution in [2.75, 3.05) is 11.5 Å². The Morgan fingerprint density at radius 2 is 1.62 bits per heavy atom. The molecular formula is C33H21Br3ClN3O7. The largest absolute Gasteiger partial charge is 0.454 e. The Labute approximate surface area is 297 Å². The number of anilines is 1. The number of carbonyl (C=O) groups is 4. The molecule has 238 valence electrons. The normalized spacial score (nSPS) is 24.6. The van der Waals surface area contributed by atoms with E-state index < -0.39 is 29.0 Å². The van der Waals surface area contributed by atoms with Gasteiger partial charge in [0.05, 0.1) is 39.2 Å². The van der Waals surface area contributed by atoms with Gasteiger partial charge in [-0.1, -0.05) is 71.5 Å². The van der Waals surface area contributed by atoms with Gasteiger partial charge in [-0.2, -0.15) is 0 Å². The van der Waals surface area contributed by atoms with Gasteiger partial charge in [0, 0.05) is 36.7 Å². The van der Waals surface area contributed by atoms with Gasteiger partial charge in [-0.25, -0.2) is 9.78 Å². The number of nitro benzene ring substituents is 1. The van der Waals surface area contributed by atoms with E-state index in [-0.39, 0.29) is 61.3 Å². The molecule has 3 aliphatic rings. The fourth-order valence-electron chi connectivity index (χ4n) is 7.02. The molecule has 6 unspecified atom stereocenters. The number of fused-ring (bicyclic) bond motifs is 6. The van der Waals surface area contributed by atoms with Gasteiger partial charge in [-0.05, 0) is 66.8 Å². The van der Waals surface area contributed by atoms with Gasteiger partial charge in [-0.15, -0.1) is 0 Å². The number of nitrogens with zero attached hydrogens (tertiary/aromatic N) is 3. The molecule has 1 saturated heterocycles. The van der Waals surface area contributed by atoms with E-state index in [1.165, 1.54) is 17.0 Å². The Bertz CT molecular complexity index is 2010. The zero-order valence-electron chi connectivity index (χ0n) is 23.9. The number of amides is 2. The summed E-state index contributed by atoms with van der Waals surface area (Å²) in [5, 5.41) is 11.6. The Kier molecular flexibility index (Phi) is 8.30. The number of ether oxygens (including phenoxy) is 1. The summed E-state index contributed by atoms with van der Waals surface area (Å²) < 4.78 is 6.07. The van der Waals surface area contributed by atoms with Crippen LogP contribution in [0.4, 0.5) is 11.4 Å². The second kappa shape index (κ2) is 12.2. The first-order valence-corrected chi connectivity index (χ1v) is 17.5. The molecule has 0 spiro atoms. The minimum Gasteiger partial charge on any atom is -0.454 e. The van der Waals surface area contributed by atoms with Gasteiger partial charge in [-0.3, -0.25) is 29.4 Å². The van der Waals surface area contributed by atoms with E-state index >= 15 is 0 Å². The van der Waals surface area contributed by atoms with Crippen LogP contribution in [0.1, 0.15) is 27.1 Å². The molecule has 3 fully saturated rings. The molecule has 1 aromatic heterocycles. The summed E-state index contributed by atoms with van der Waals surface area (Å²) in [6.07, 6.45) is 0.845. The molecule has 2 bridgehead atoms. The lowest BCUT2D eigenvalue weighted by Crippen LogP contribution is -2.37. The fourth-order valence-corrected chi connectivity index (χ4v) is 9.44. The van der Waals surface area contributed by atoms with E-state index in [1.54, 1.807) is 48.5 Å². The van der Waals surface area contributed by atoms with Crippen LogP contribution in [-0.4, -0.2) is 49.7 Å². The van der Waals surface area contributed by atoms with Crippen molar-refractivity contribution in [2.24, 2.45) is 23.7 Å². The van der Waals surface area contributed by atoms with Crippen LogP contribution in [0.5, 0.6) is 0 Å². The molecule has 1 aliphatic heterocycles. The maximum Gasteiger partial charge on any atom is 0.339 e. The molecule has 3 aromatic carbocycles. The van der Waals surface area contributed by atoms with Crippen LogP contribution in [0.2, 0.25) is 5.02 Å². The molecule has 2 aliphatic carbocycles. The molecule has 7 rings (SSSR count). The second-order valence-corrected chi connectivity index (χ2v) is 15.1. The number of ketones is 1. The maximum absolute atomic E-state index is 13.5. The number of imide groups is 1. The number of carbonyl (C=O) groups excluding carboxylic acids is 4. The minimum atomic E-state index is -0.796. The Hall–Kier alpha value is -3.52. The van der Waals surface area contributed by atoms with E-state index in [9.17, 15) is 29.3 Å². The molecule has 6 atom stereocenters. The number of nitro groups is 1. The summed E-state index contributed by atoms with van der Waals surface area (Å²) in [4.78, 5) is 70.0. The van der Waals surface area contributed by atoms with Crippen molar-refractivity contribution in [2.45, 2.75) is 16.1 Å². The van der Waals surface area contributed by atoms with Crippen molar-refractivity contribution in [3.63, 3.8) is 0 Å². The van der Waals surface area contributed by atoms with Crippen LogP contribution in [0, 0.1) is 33.8 Å². The quantitative estimate of drug-likeness (QED) is 0.0465. The second-order valence-electron chi connectivity index (χ2n) is 11.7. The van der Waals surface area contributed by atoms with E-state index in [1.807, 2.05) is 0 Å². The lowest BCUT2D eigenvalue weighted by molar-refractivity contribution is -0.384. The number of Topliss-reactive ketones (excluding diaryl/α,β-unsaturated/α-hetero) is 1. The van der Waals surface area contributed by atoms with Crippen molar-refractivity contribution in [1.29, 1.82) is 0 Å². The van der Waals surface area contributed by atoms with E-state index in [2.05, 4.69) is 47.8 Å². The molecule has 2 saturated carbocycles. The monoisotopic (exact) mass is 843 g/mol. The number of halogens is 4. The van der Waals surface area contributed by atoms with Gasteiger partial charge in [0.25, 0.3) is 5.69 Å². The van der Waals surface area contributed by atoms with Gasteiger partial charge in [0.15, 0.2) is 6.61 Å². The number of aromatic nitrogens is 1. The highest BCUT2D eigenvalue weighted by atomic mass is 79.9. The average molecular weight is 847 g/mol. The first-order chi connectivity index (χ1) is 22.4. The Morgan fingerprint density at radius 3 is 2.26 bits per heavy atom. The Morgan fingerprint density at radius 1 is 0.957 bits per heavy atom. The number of hydrogen-bond acceptors (Lipinski definition) is 8. The first-order valence-electron chi connectivity index (χ1n) is 14.5. The maximum atomic E-state index is 13.5. The molecule has 2 amide bonds. The zero-order valence-corrected chi connectivity index (χ0v) is 29.5. The SMILES string of the molecule is O=C(COC(=O)c1cc(-c2ccc(N3C(=O)C4C5CC(C(Br)C5Br)C4C3=O)cc2)nc2ccc(Br)cc12)c1ccc(Cl)c([N+](=O)[O-])c1. The summed E-state index contributed by atoms with van der Waals surface area (Å²) in [5.41, 5.74) is 1.70. The number of alkyl halides is 2. The molecular weight excluding hydrogens is 826 g/mol. The fraction of sp³-hybridized carbons (Fsp3) is 0.242. The van der Waals surface area contributed by atoms with Crippen molar-refractivity contribution >= 4 is 105 Å². The van der Waals surface area contributed by atoms with Crippen molar-refractivity contribution < 1.29 is 28.8 Å². The molecule has 10 nitrogen and oxygen atoms in total. The van der Waals surface area contributed by atoms with Crippen LogP contribution >= 0.6 is 59.4 Å². The summed E-state index contributed by atoms with van der Waals surface area (Å²) in [6, 6.07) is 17.2. The lowest BCUT2D eigenvalue weighted by Gasteiger charge is -2.28. The van der Waals surface area contributed by atoms with E-state index in [4.69, 9.17) is 21.3 Å². The number of esters is 1. The summed E-state index contributed by atoms with van der Waals surface area (Å²) in [5.74, 6) is -2.24. The summed E-state index contributed by atoms with van der Waals surface area (Å²) >= 11 is 16.7. The number of hydrogen-bond donors (Lipinski definition) is 0. The molecule has 14 heteroatoms. The van der Waals surface area contributed by atoms with Crippen molar-refractivity contribution in [3.05, 3.63) is 97.5 Å². The van der Waals surface area contributed by atoms with Gasteiger partial charge in [0.1, 0.15) is 5.02 Å². The highest BCUT2D eigenvalue weighted by Gasteiger charge is 2.66. The smallest absolute Gasteiger partial charge is 0.339 e. The summed E-state index contributed by atoms with van der Waals surface area (Å²) in [7, 11) is 0. The third kappa shape index (κ3) is 5.41. The number of rotatable bonds is 7. The van der Waals surface area contributed by atoms with Gasteiger partial charge >= 0.3 is 5.97 Å². The van der Waals surface area contributed by atoms with E-state index in [0.29, 0.717) is 32.3 Å². The van der Waals surface area contributed by atoms with Crippen molar-refractivity contribution in [1.82, 2.24) is 4.98 Å². The molecule has 0 radical (unpaired) electrons. The number of pyridine rings is 1. The first kappa shape index (κ1) is 32.0. The third-order valence-electron chi connectivity index (χ3n) is 9.20. The minimum absolute atomic E-state index is 0.0257. The standard InChI is InChI=1S/C33H21Br3ClN3O7/c34-16-4-8-23-18(10-16)19(33(44)47-13-26(41)15-3-7-22(37)25(9-15)40(45)46)12-24(38-23)14-1-5-17(6-2-14)39-31(42)27-20-11-21(28(27)32(39)43)30(36)29(20)35/h1-10,12,20-21,27-30H,11,13H2. The highest BCUT2D eigenvalue weighted by Crippen LogP contribution is 2.60.